The predicted octanol–water partition coefficient (Wildman–Crippen LogP) is 1.60. The number of Topliss-reactive ketones (excluding diaryl/α,β-unsaturated/α-hetero) is 1. The fourth-order valence-electron chi connectivity index (χ4n) is 1.67. The highest BCUT2D eigenvalue weighted by molar-refractivity contribution is 9.11. The summed E-state index contributed by atoms with van der Waals surface area (Å²) in [5.74, 6) is 0.0518. The van der Waals surface area contributed by atoms with Gasteiger partial charge in [-0.2, -0.15) is 0 Å². The SMILES string of the molecule is NC1COCC1C(=O)Cc1ccsc1Br. The first-order chi connectivity index (χ1) is 7.18. The van der Waals surface area contributed by atoms with Crippen molar-refractivity contribution in [2.45, 2.75) is 12.5 Å². The van der Waals surface area contributed by atoms with Crippen LogP contribution in [-0.4, -0.2) is 25.0 Å². The molecule has 0 amide bonds. The lowest BCUT2D eigenvalue weighted by molar-refractivity contribution is -0.122. The van der Waals surface area contributed by atoms with Crippen molar-refractivity contribution < 1.29 is 9.53 Å². The Morgan fingerprint density at radius 3 is 3.00 bits per heavy atom. The second-order valence-electron chi connectivity index (χ2n) is 3.67. The van der Waals surface area contributed by atoms with Gasteiger partial charge in [-0.05, 0) is 32.9 Å². The van der Waals surface area contributed by atoms with Crippen molar-refractivity contribution in [3.63, 3.8) is 0 Å². The quantitative estimate of drug-likeness (QED) is 0.920. The summed E-state index contributed by atoms with van der Waals surface area (Å²) in [6.45, 7) is 0.975. The summed E-state index contributed by atoms with van der Waals surface area (Å²) in [6.07, 6.45) is 0.450. The molecule has 2 rings (SSSR count). The Labute approximate surface area is 101 Å². The molecular weight excluding hydrogens is 278 g/mol. The van der Waals surface area contributed by atoms with E-state index in [4.69, 9.17) is 10.5 Å². The molecule has 2 atom stereocenters. The van der Waals surface area contributed by atoms with Gasteiger partial charge < -0.3 is 10.5 Å². The first kappa shape index (κ1) is 11.3. The minimum Gasteiger partial charge on any atom is -0.379 e. The highest BCUT2D eigenvalue weighted by Gasteiger charge is 2.31. The van der Waals surface area contributed by atoms with Gasteiger partial charge in [0.05, 0.1) is 22.9 Å². The number of carbonyl (C=O) groups is 1. The number of rotatable bonds is 3. The summed E-state index contributed by atoms with van der Waals surface area (Å²) < 4.78 is 6.22. The van der Waals surface area contributed by atoms with E-state index in [1.54, 1.807) is 11.3 Å². The Balaban J connectivity index is 2.01. The van der Waals surface area contributed by atoms with E-state index in [1.165, 1.54) is 0 Å². The molecule has 0 spiro atoms. The van der Waals surface area contributed by atoms with Crippen LogP contribution in [0.5, 0.6) is 0 Å². The molecule has 0 bridgehead atoms. The average molecular weight is 290 g/mol. The fourth-order valence-corrected chi connectivity index (χ4v) is 2.91. The maximum Gasteiger partial charge on any atom is 0.144 e. The molecular formula is C10H12BrNO2S. The Bertz CT molecular complexity index is 366. The molecule has 1 aliphatic heterocycles. The van der Waals surface area contributed by atoms with E-state index in [0.717, 1.165) is 9.35 Å². The van der Waals surface area contributed by atoms with Gasteiger partial charge in [-0.25, -0.2) is 0 Å². The molecule has 0 aliphatic carbocycles. The number of ether oxygens (including phenoxy) is 1. The minimum absolute atomic E-state index is 0.128. The van der Waals surface area contributed by atoms with E-state index >= 15 is 0 Å². The number of hydrogen-bond donors (Lipinski definition) is 1. The van der Waals surface area contributed by atoms with Crippen LogP contribution < -0.4 is 5.73 Å². The largest absolute Gasteiger partial charge is 0.379 e. The third kappa shape index (κ3) is 2.47. The minimum atomic E-state index is -0.130. The first-order valence-electron chi connectivity index (χ1n) is 4.76. The highest BCUT2D eigenvalue weighted by atomic mass is 79.9. The Hall–Kier alpha value is -0.230. The summed E-state index contributed by atoms with van der Waals surface area (Å²) in [4.78, 5) is 11.9. The summed E-state index contributed by atoms with van der Waals surface area (Å²) in [7, 11) is 0. The van der Waals surface area contributed by atoms with Crippen LogP contribution in [0.25, 0.3) is 0 Å². The second kappa shape index (κ2) is 4.74. The molecule has 1 aliphatic rings. The van der Waals surface area contributed by atoms with Crippen LogP contribution in [0.3, 0.4) is 0 Å². The number of hydrogen-bond acceptors (Lipinski definition) is 4. The average Bonchev–Trinajstić information content (AvgIpc) is 2.76. The van der Waals surface area contributed by atoms with Gasteiger partial charge in [0.1, 0.15) is 5.78 Å². The van der Waals surface area contributed by atoms with Crippen LogP contribution in [0.1, 0.15) is 5.56 Å². The molecule has 2 N–H and O–H groups in total. The number of carbonyl (C=O) groups excluding carboxylic acids is 1. The molecule has 1 saturated heterocycles. The lowest BCUT2D eigenvalue weighted by Crippen LogP contribution is -2.34. The van der Waals surface area contributed by atoms with Gasteiger partial charge in [0.2, 0.25) is 0 Å². The smallest absolute Gasteiger partial charge is 0.144 e. The Morgan fingerprint density at radius 1 is 1.67 bits per heavy atom. The van der Waals surface area contributed by atoms with Crippen LogP contribution in [0, 0.1) is 5.92 Å². The second-order valence-corrected chi connectivity index (χ2v) is 5.90. The van der Waals surface area contributed by atoms with Crippen molar-refractivity contribution in [3.05, 3.63) is 20.8 Å². The molecule has 2 unspecified atom stereocenters. The zero-order chi connectivity index (χ0) is 10.8. The van der Waals surface area contributed by atoms with Crippen molar-refractivity contribution in [1.29, 1.82) is 0 Å². The molecule has 1 aromatic rings. The van der Waals surface area contributed by atoms with E-state index < -0.39 is 0 Å². The van der Waals surface area contributed by atoms with Gasteiger partial charge >= 0.3 is 0 Å². The number of halogens is 1. The number of nitrogens with two attached hydrogens (primary N) is 1. The number of ketones is 1. The third-order valence-electron chi connectivity index (χ3n) is 2.60. The van der Waals surface area contributed by atoms with Crippen molar-refractivity contribution in [2.24, 2.45) is 11.7 Å². The van der Waals surface area contributed by atoms with Crippen LogP contribution in [-0.2, 0) is 16.0 Å². The number of thiophene rings is 1. The normalized spacial score (nSPS) is 25.7. The molecule has 1 fully saturated rings. The molecule has 0 aromatic carbocycles. The molecule has 5 heteroatoms. The van der Waals surface area contributed by atoms with Gasteiger partial charge in [0.15, 0.2) is 0 Å². The Morgan fingerprint density at radius 2 is 2.47 bits per heavy atom. The summed E-state index contributed by atoms with van der Waals surface area (Å²) in [6, 6.07) is 1.84. The van der Waals surface area contributed by atoms with Crippen molar-refractivity contribution in [1.82, 2.24) is 0 Å². The van der Waals surface area contributed by atoms with E-state index in [9.17, 15) is 4.79 Å². The van der Waals surface area contributed by atoms with Gasteiger partial charge in [-0.3, -0.25) is 4.79 Å². The van der Waals surface area contributed by atoms with Crippen LogP contribution in [0.2, 0.25) is 0 Å². The van der Waals surface area contributed by atoms with E-state index in [-0.39, 0.29) is 17.7 Å². The zero-order valence-corrected chi connectivity index (χ0v) is 10.5. The van der Waals surface area contributed by atoms with Crippen molar-refractivity contribution in [2.75, 3.05) is 13.2 Å². The van der Waals surface area contributed by atoms with E-state index in [0.29, 0.717) is 19.6 Å². The maximum atomic E-state index is 11.9. The van der Waals surface area contributed by atoms with Gasteiger partial charge in [0.25, 0.3) is 0 Å². The molecule has 0 saturated carbocycles. The topological polar surface area (TPSA) is 52.3 Å². The van der Waals surface area contributed by atoms with Crippen LogP contribution in [0.15, 0.2) is 15.2 Å². The first-order valence-corrected chi connectivity index (χ1v) is 6.43. The van der Waals surface area contributed by atoms with Crippen LogP contribution >= 0.6 is 27.3 Å². The Kier molecular flexibility index (Phi) is 3.56. The molecule has 15 heavy (non-hydrogen) atoms. The van der Waals surface area contributed by atoms with Gasteiger partial charge in [-0.1, -0.05) is 0 Å². The predicted molar refractivity (Wildman–Crippen MR) is 63.0 cm³/mol. The fraction of sp³-hybridized carbons (Fsp3) is 0.500. The summed E-state index contributed by atoms with van der Waals surface area (Å²) in [5.41, 5.74) is 6.84. The van der Waals surface area contributed by atoms with Gasteiger partial charge in [0, 0.05) is 12.5 Å². The molecule has 2 heterocycles. The lowest BCUT2D eigenvalue weighted by Gasteiger charge is -2.11. The molecule has 1 aromatic heterocycles. The zero-order valence-electron chi connectivity index (χ0n) is 8.11. The van der Waals surface area contributed by atoms with Crippen molar-refractivity contribution >= 4 is 33.0 Å². The lowest BCUT2D eigenvalue weighted by atomic mass is 9.95. The van der Waals surface area contributed by atoms with Crippen molar-refractivity contribution in [3.8, 4) is 0 Å². The summed E-state index contributed by atoms with van der Waals surface area (Å²) >= 11 is 5.01. The molecule has 3 nitrogen and oxygen atoms in total. The van der Waals surface area contributed by atoms with E-state index in [1.807, 2.05) is 11.4 Å². The van der Waals surface area contributed by atoms with Crippen LogP contribution in [0.4, 0.5) is 0 Å². The highest BCUT2D eigenvalue weighted by Crippen LogP contribution is 2.25. The molecule has 0 radical (unpaired) electrons. The van der Waals surface area contributed by atoms with E-state index in [2.05, 4.69) is 15.9 Å². The standard InChI is InChI=1S/C10H12BrNO2S/c11-10-6(1-2-15-10)3-9(13)7-4-14-5-8(7)12/h1-2,7-8H,3-5,12H2. The maximum absolute atomic E-state index is 11.9. The monoisotopic (exact) mass is 289 g/mol. The van der Waals surface area contributed by atoms with Gasteiger partial charge in [-0.15, -0.1) is 11.3 Å². The summed E-state index contributed by atoms with van der Waals surface area (Å²) in [5, 5.41) is 1.97. The molecule has 82 valence electrons. The third-order valence-corrected chi connectivity index (χ3v) is 4.41.